The van der Waals surface area contributed by atoms with Crippen molar-refractivity contribution in [2.45, 2.75) is 64.5 Å². The number of carbonyl (C=O) groups excluding carboxylic acids is 1. The fourth-order valence-electron chi connectivity index (χ4n) is 5.38. The maximum atomic E-state index is 13.2. The molecule has 3 aromatic rings. The summed E-state index contributed by atoms with van der Waals surface area (Å²) >= 11 is 0. The smallest absolute Gasteiger partial charge is 0.272 e. The molecule has 0 saturated carbocycles. The summed E-state index contributed by atoms with van der Waals surface area (Å²) in [5.41, 5.74) is 3.90. The summed E-state index contributed by atoms with van der Waals surface area (Å²) < 4.78 is 1.75. The maximum Gasteiger partial charge on any atom is 0.272 e. The van der Waals surface area contributed by atoms with Crippen molar-refractivity contribution in [2.24, 2.45) is 7.05 Å². The van der Waals surface area contributed by atoms with Crippen LogP contribution in [0.4, 0.5) is 5.82 Å². The van der Waals surface area contributed by atoms with Crippen LogP contribution in [-0.4, -0.2) is 57.8 Å². The summed E-state index contributed by atoms with van der Waals surface area (Å²) in [7, 11) is 1.88. The molecule has 0 radical (unpaired) electrons. The first-order chi connectivity index (χ1) is 17.1. The molecule has 1 N–H and O–H groups in total. The zero-order chi connectivity index (χ0) is 24.2. The fraction of sp³-hybridized carbons (Fsp3) is 0.536. The number of amides is 1. The highest BCUT2D eigenvalue weighted by atomic mass is 16.2. The van der Waals surface area contributed by atoms with Gasteiger partial charge in [0.1, 0.15) is 5.82 Å². The molecule has 0 spiro atoms. The molecule has 0 bridgehead atoms. The third kappa shape index (κ3) is 5.67. The van der Waals surface area contributed by atoms with E-state index in [0.717, 1.165) is 62.4 Å². The molecule has 7 nitrogen and oxygen atoms in total. The second-order valence-corrected chi connectivity index (χ2v) is 10.3. The van der Waals surface area contributed by atoms with Gasteiger partial charge in [-0.25, -0.2) is 9.67 Å². The molecule has 5 rings (SSSR count). The van der Waals surface area contributed by atoms with E-state index in [-0.39, 0.29) is 11.9 Å². The molecule has 1 aromatic carbocycles. The van der Waals surface area contributed by atoms with Crippen LogP contribution in [0.25, 0.3) is 11.0 Å². The summed E-state index contributed by atoms with van der Waals surface area (Å²) in [5, 5.41) is 8.64. The van der Waals surface area contributed by atoms with Gasteiger partial charge >= 0.3 is 0 Å². The number of aromatic nitrogens is 3. The summed E-state index contributed by atoms with van der Waals surface area (Å²) in [6, 6.07) is 13.0. The number of benzene rings is 1. The van der Waals surface area contributed by atoms with Crippen LogP contribution in [0.15, 0.2) is 36.4 Å². The highest BCUT2D eigenvalue weighted by Gasteiger charge is 2.24. The van der Waals surface area contributed by atoms with Gasteiger partial charge < -0.3 is 10.2 Å². The first-order valence-corrected chi connectivity index (χ1v) is 13.2. The standard InChI is InChI=1S/C28H38N6O/c1-21-8-10-22(11-9-21)20-33-18-14-23(15-19-33)29-28(35)26-24-12-13-25(30-27(24)32(2)31-26)34-16-6-4-3-5-7-17-34/h8-13,23H,3-7,14-20H2,1-2H3,(H,29,35). The van der Waals surface area contributed by atoms with Crippen LogP contribution >= 0.6 is 0 Å². The molecule has 4 heterocycles. The number of likely N-dealkylation sites (tertiary alicyclic amines) is 1. The number of pyridine rings is 1. The van der Waals surface area contributed by atoms with Crippen molar-refractivity contribution in [2.75, 3.05) is 31.1 Å². The number of fused-ring (bicyclic) bond motifs is 1. The average Bonchev–Trinajstić information content (AvgIpc) is 3.18. The SMILES string of the molecule is Cc1ccc(CN2CCC(NC(=O)c3nn(C)c4nc(N5CCCCCCC5)ccc34)CC2)cc1. The van der Waals surface area contributed by atoms with E-state index in [4.69, 9.17) is 4.98 Å². The largest absolute Gasteiger partial charge is 0.357 e. The predicted octanol–water partition coefficient (Wildman–Crippen LogP) is 4.44. The van der Waals surface area contributed by atoms with Crippen molar-refractivity contribution in [1.29, 1.82) is 0 Å². The number of nitrogens with zero attached hydrogens (tertiary/aromatic N) is 5. The van der Waals surface area contributed by atoms with Gasteiger partial charge in [-0.2, -0.15) is 5.10 Å². The van der Waals surface area contributed by atoms with E-state index in [1.54, 1.807) is 4.68 Å². The van der Waals surface area contributed by atoms with Crippen molar-refractivity contribution < 1.29 is 4.79 Å². The zero-order valence-electron chi connectivity index (χ0n) is 21.2. The number of hydrogen-bond donors (Lipinski definition) is 1. The van der Waals surface area contributed by atoms with Crippen LogP contribution in [0.2, 0.25) is 0 Å². The molecule has 2 fully saturated rings. The summed E-state index contributed by atoms with van der Waals surface area (Å²) in [6.07, 6.45) is 8.26. The number of aryl methyl sites for hydroxylation is 2. The molecule has 2 saturated heterocycles. The second-order valence-electron chi connectivity index (χ2n) is 10.3. The van der Waals surface area contributed by atoms with Crippen molar-refractivity contribution in [3.05, 3.63) is 53.2 Å². The molecule has 2 aromatic heterocycles. The lowest BCUT2D eigenvalue weighted by molar-refractivity contribution is 0.0904. The molecule has 1 amide bonds. The number of nitrogens with one attached hydrogen (secondary N) is 1. The lowest BCUT2D eigenvalue weighted by atomic mass is 10.0. The highest BCUT2D eigenvalue weighted by Crippen LogP contribution is 2.23. The van der Waals surface area contributed by atoms with E-state index in [1.807, 2.05) is 13.1 Å². The molecule has 186 valence electrons. The van der Waals surface area contributed by atoms with Gasteiger partial charge in [0.25, 0.3) is 5.91 Å². The Labute approximate surface area is 208 Å². The van der Waals surface area contributed by atoms with Crippen LogP contribution in [0, 0.1) is 6.92 Å². The van der Waals surface area contributed by atoms with Gasteiger partial charge in [0.15, 0.2) is 11.3 Å². The van der Waals surface area contributed by atoms with E-state index < -0.39 is 0 Å². The topological polar surface area (TPSA) is 66.3 Å². The molecular weight excluding hydrogens is 436 g/mol. The van der Waals surface area contributed by atoms with Crippen LogP contribution in [0.5, 0.6) is 0 Å². The lowest BCUT2D eigenvalue weighted by Crippen LogP contribution is -2.44. The minimum absolute atomic E-state index is 0.0894. The number of rotatable bonds is 5. The van der Waals surface area contributed by atoms with Crippen LogP contribution in [-0.2, 0) is 13.6 Å². The van der Waals surface area contributed by atoms with Crippen LogP contribution in [0.1, 0.15) is 66.6 Å². The first-order valence-electron chi connectivity index (χ1n) is 13.2. The number of hydrogen-bond acceptors (Lipinski definition) is 5. The van der Waals surface area contributed by atoms with Gasteiger partial charge in [-0.15, -0.1) is 0 Å². The number of carbonyl (C=O) groups is 1. The Balaban J connectivity index is 1.21. The van der Waals surface area contributed by atoms with Gasteiger partial charge in [0.05, 0.1) is 5.39 Å². The molecule has 0 atom stereocenters. The van der Waals surface area contributed by atoms with Crippen LogP contribution in [0.3, 0.4) is 0 Å². The van der Waals surface area contributed by atoms with Gasteiger partial charge in [-0.3, -0.25) is 9.69 Å². The zero-order valence-corrected chi connectivity index (χ0v) is 21.2. The molecule has 0 aliphatic carbocycles. The molecule has 0 unspecified atom stereocenters. The van der Waals surface area contributed by atoms with E-state index >= 15 is 0 Å². The average molecular weight is 475 g/mol. The third-order valence-electron chi connectivity index (χ3n) is 7.52. The fourth-order valence-corrected chi connectivity index (χ4v) is 5.38. The Bertz CT molecular complexity index is 1140. The lowest BCUT2D eigenvalue weighted by Gasteiger charge is -2.32. The number of anilines is 1. The normalized spacial score (nSPS) is 18.4. The van der Waals surface area contributed by atoms with E-state index in [1.165, 1.54) is 43.2 Å². The molecular formula is C28H38N6O. The predicted molar refractivity (Wildman–Crippen MR) is 141 cm³/mol. The summed E-state index contributed by atoms with van der Waals surface area (Å²) in [5.74, 6) is 0.906. The maximum absolute atomic E-state index is 13.2. The van der Waals surface area contributed by atoms with Gasteiger partial charge in [0, 0.05) is 45.8 Å². The van der Waals surface area contributed by atoms with Crippen LogP contribution < -0.4 is 10.2 Å². The van der Waals surface area contributed by atoms with Crippen molar-refractivity contribution in [3.8, 4) is 0 Å². The minimum atomic E-state index is -0.0894. The monoisotopic (exact) mass is 474 g/mol. The van der Waals surface area contributed by atoms with Gasteiger partial charge in [-0.05, 0) is 50.3 Å². The Morgan fingerprint density at radius 1 is 0.943 bits per heavy atom. The molecule has 7 heteroatoms. The van der Waals surface area contributed by atoms with E-state index in [9.17, 15) is 4.79 Å². The van der Waals surface area contributed by atoms with Crippen molar-refractivity contribution in [3.63, 3.8) is 0 Å². The van der Waals surface area contributed by atoms with E-state index in [2.05, 4.69) is 57.5 Å². The van der Waals surface area contributed by atoms with Gasteiger partial charge in [0.2, 0.25) is 0 Å². The van der Waals surface area contributed by atoms with E-state index in [0.29, 0.717) is 5.69 Å². The summed E-state index contributed by atoms with van der Waals surface area (Å²) in [4.78, 5) is 22.9. The van der Waals surface area contributed by atoms with Gasteiger partial charge in [-0.1, -0.05) is 49.1 Å². The Hall–Kier alpha value is -2.93. The first kappa shape index (κ1) is 23.8. The third-order valence-corrected chi connectivity index (χ3v) is 7.52. The van der Waals surface area contributed by atoms with Crippen molar-refractivity contribution in [1.82, 2.24) is 25.0 Å². The Kier molecular flexibility index (Phi) is 7.32. The molecule has 2 aliphatic rings. The second kappa shape index (κ2) is 10.8. The summed E-state index contributed by atoms with van der Waals surface area (Å²) in [6.45, 7) is 7.16. The Morgan fingerprint density at radius 2 is 1.63 bits per heavy atom. The Morgan fingerprint density at radius 3 is 2.34 bits per heavy atom. The van der Waals surface area contributed by atoms with Crippen molar-refractivity contribution >= 4 is 22.8 Å². The molecule has 35 heavy (non-hydrogen) atoms. The molecule has 2 aliphatic heterocycles. The quantitative estimate of drug-likeness (QED) is 0.592. The highest BCUT2D eigenvalue weighted by molar-refractivity contribution is 6.04. The number of piperidine rings is 1. The minimum Gasteiger partial charge on any atom is -0.357 e.